The molecule has 2 aromatic rings. The van der Waals surface area contributed by atoms with Crippen LogP contribution in [-0.2, 0) is 6.18 Å². The number of carbonyl (C=O) groups is 1. The molecule has 28 heavy (non-hydrogen) atoms. The molecule has 0 fully saturated rings. The van der Waals surface area contributed by atoms with Gasteiger partial charge in [0, 0.05) is 11.1 Å². The Kier molecular flexibility index (Phi) is 4.74. The molecule has 0 saturated carbocycles. The zero-order chi connectivity index (χ0) is 20.7. The SMILES string of the molecule is O=C(Nc1ccccc1C(F)(F)F)N[C@@]1(C(F)(F)F)Oc2ccc(Cl)cc2O1. The fourth-order valence-electron chi connectivity index (χ4n) is 2.36. The van der Waals surface area contributed by atoms with Crippen molar-refractivity contribution in [1.29, 1.82) is 0 Å². The molecule has 0 radical (unpaired) electrons. The number of nitrogens with one attached hydrogen (secondary N) is 2. The molecule has 12 heteroatoms. The molecule has 5 nitrogen and oxygen atoms in total. The fraction of sp³-hybridized carbons (Fsp3) is 0.188. The van der Waals surface area contributed by atoms with Crippen LogP contribution in [0.1, 0.15) is 5.56 Å². The lowest BCUT2D eigenvalue weighted by molar-refractivity contribution is -0.317. The van der Waals surface area contributed by atoms with Crippen molar-refractivity contribution in [3.8, 4) is 11.5 Å². The van der Waals surface area contributed by atoms with E-state index in [0.29, 0.717) is 6.07 Å². The van der Waals surface area contributed by atoms with E-state index < -0.39 is 41.3 Å². The van der Waals surface area contributed by atoms with E-state index >= 15 is 0 Å². The van der Waals surface area contributed by atoms with E-state index in [1.165, 1.54) is 17.4 Å². The van der Waals surface area contributed by atoms with Crippen LogP contribution in [0.2, 0.25) is 5.02 Å². The van der Waals surface area contributed by atoms with Crippen LogP contribution in [0.3, 0.4) is 0 Å². The Morgan fingerprint density at radius 1 is 0.964 bits per heavy atom. The number of hydrogen-bond acceptors (Lipinski definition) is 3. The molecule has 150 valence electrons. The summed E-state index contributed by atoms with van der Waals surface area (Å²) in [6, 6.07) is 5.50. The summed E-state index contributed by atoms with van der Waals surface area (Å²) in [6.07, 6.45) is -10.1. The predicted octanol–water partition coefficient (Wildman–Crippen LogP) is 5.17. The number of para-hydroxylation sites is 1. The zero-order valence-corrected chi connectivity index (χ0v) is 14.2. The van der Waals surface area contributed by atoms with Crippen LogP contribution in [0.15, 0.2) is 42.5 Å². The smallest absolute Gasteiger partial charge is 0.424 e. The van der Waals surface area contributed by atoms with Crippen LogP contribution in [0.5, 0.6) is 11.5 Å². The first-order chi connectivity index (χ1) is 12.9. The van der Waals surface area contributed by atoms with Gasteiger partial charge in [-0.2, -0.15) is 26.3 Å². The second kappa shape index (κ2) is 6.66. The van der Waals surface area contributed by atoms with Gasteiger partial charge in [0.2, 0.25) is 0 Å². The molecule has 1 heterocycles. The molecule has 1 aliphatic heterocycles. The van der Waals surface area contributed by atoms with Crippen molar-refractivity contribution in [2.45, 2.75) is 18.3 Å². The summed E-state index contributed by atoms with van der Waals surface area (Å²) in [5.74, 6) is -4.41. The highest BCUT2D eigenvalue weighted by atomic mass is 35.5. The van der Waals surface area contributed by atoms with Gasteiger partial charge in [-0.15, -0.1) is 0 Å². The highest BCUT2D eigenvalue weighted by molar-refractivity contribution is 6.30. The van der Waals surface area contributed by atoms with Gasteiger partial charge in [0.15, 0.2) is 11.5 Å². The van der Waals surface area contributed by atoms with Crippen molar-refractivity contribution in [3.05, 3.63) is 53.1 Å². The topological polar surface area (TPSA) is 59.6 Å². The van der Waals surface area contributed by atoms with Gasteiger partial charge in [0.25, 0.3) is 0 Å². The average molecular weight is 427 g/mol. The Bertz CT molecular complexity index is 918. The molecule has 1 atom stereocenters. The number of alkyl halides is 6. The van der Waals surface area contributed by atoms with Crippen molar-refractivity contribution in [3.63, 3.8) is 0 Å². The van der Waals surface area contributed by atoms with E-state index in [2.05, 4.69) is 0 Å². The monoisotopic (exact) mass is 426 g/mol. The van der Waals surface area contributed by atoms with Crippen molar-refractivity contribution in [1.82, 2.24) is 5.32 Å². The number of hydrogen-bond donors (Lipinski definition) is 2. The first-order valence-corrected chi connectivity index (χ1v) is 7.79. The lowest BCUT2D eigenvalue weighted by Gasteiger charge is -2.29. The van der Waals surface area contributed by atoms with E-state index in [4.69, 9.17) is 21.1 Å². The number of rotatable bonds is 2. The third-order valence-electron chi connectivity index (χ3n) is 3.55. The normalized spacial score (nSPS) is 18.7. The number of ether oxygens (including phenoxy) is 2. The van der Waals surface area contributed by atoms with Crippen molar-refractivity contribution in [2.24, 2.45) is 0 Å². The van der Waals surface area contributed by atoms with Crippen LogP contribution in [0, 0.1) is 0 Å². The molecular formula is C16H9ClF6N2O3. The molecule has 0 spiro atoms. The van der Waals surface area contributed by atoms with Crippen LogP contribution in [0.4, 0.5) is 36.8 Å². The summed E-state index contributed by atoms with van der Waals surface area (Å²) in [6.45, 7) is 0. The Balaban J connectivity index is 1.86. The van der Waals surface area contributed by atoms with Crippen LogP contribution < -0.4 is 20.1 Å². The minimum Gasteiger partial charge on any atom is -0.424 e. The van der Waals surface area contributed by atoms with Crippen molar-refractivity contribution >= 4 is 23.3 Å². The lowest BCUT2D eigenvalue weighted by Crippen LogP contribution is -2.65. The summed E-state index contributed by atoms with van der Waals surface area (Å²) in [7, 11) is 0. The second-order valence-corrected chi connectivity index (χ2v) is 5.97. The van der Waals surface area contributed by atoms with E-state index in [-0.39, 0.29) is 10.8 Å². The van der Waals surface area contributed by atoms with Crippen LogP contribution in [-0.4, -0.2) is 18.1 Å². The molecule has 2 aromatic carbocycles. The summed E-state index contributed by atoms with van der Waals surface area (Å²) in [4.78, 5) is 12.0. The third-order valence-corrected chi connectivity index (χ3v) is 3.78. The number of urea groups is 1. The Hall–Kier alpha value is -2.82. The minimum absolute atomic E-state index is 0.0453. The van der Waals surface area contributed by atoms with E-state index in [1.807, 2.05) is 0 Å². The number of anilines is 1. The van der Waals surface area contributed by atoms with E-state index in [1.54, 1.807) is 5.32 Å². The maximum Gasteiger partial charge on any atom is 0.492 e. The maximum atomic E-state index is 13.5. The lowest BCUT2D eigenvalue weighted by atomic mass is 10.1. The molecule has 2 N–H and O–H groups in total. The molecule has 3 rings (SSSR count). The number of fused-ring (bicyclic) bond motifs is 1. The summed E-state index contributed by atoms with van der Waals surface area (Å²) in [5.41, 5.74) is -1.99. The van der Waals surface area contributed by atoms with E-state index in [9.17, 15) is 31.1 Å². The molecule has 1 aliphatic rings. The van der Waals surface area contributed by atoms with Gasteiger partial charge < -0.3 is 14.8 Å². The molecule has 0 saturated heterocycles. The highest BCUT2D eigenvalue weighted by Gasteiger charge is 2.65. The van der Waals surface area contributed by atoms with Crippen LogP contribution in [0.25, 0.3) is 0 Å². The number of carbonyl (C=O) groups excluding carboxylic acids is 1. The Morgan fingerprint density at radius 2 is 1.61 bits per heavy atom. The number of halogens is 7. The molecule has 0 aliphatic carbocycles. The molecule has 0 bridgehead atoms. The molecule has 0 aromatic heterocycles. The van der Waals surface area contributed by atoms with Crippen molar-refractivity contribution < 1.29 is 40.6 Å². The van der Waals surface area contributed by atoms with Gasteiger partial charge in [-0.05, 0) is 24.3 Å². The second-order valence-electron chi connectivity index (χ2n) is 5.53. The van der Waals surface area contributed by atoms with E-state index in [0.717, 1.165) is 24.3 Å². The van der Waals surface area contributed by atoms with Gasteiger partial charge >= 0.3 is 24.3 Å². The zero-order valence-electron chi connectivity index (χ0n) is 13.4. The quantitative estimate of drug-likeness (QED) is 0.652. The third kappa shape index (κ3) is 3.75. The fourth-order valence-corrected chi connectivity index (χ4v) is 2.52. The summed E-state index contributed by atoms with van der Waals surface area (Å²) < 4.78 is 89.0. The molecular weight excluding hydrogens is 418 g/mol. The standard InChI is InChI=1S/C16H9ClF6N2O3/c17-8-5-6-11-12(7-8)28-16(27-11,15(21,22)23)25-13(26)24-10-4-2-1-3-9(10)14(18,19)20/h1-7H,(H2,24,25,26)/t16-/m0/s1. The first kappa shape index (κ1) is 19.9. The van der Waals surface area contributed by atoms with Crippen LogP contribution >= 0.6 is 11.6 Å². The maximum absolute atomic E-state index is 13.5. The van der Waals surface area contributed by atoms with Gasteiger partial charge in [0.05, 0.1) is 11.3 Å². The summed E-state index contributed by atoms with van der Waals surface area (Å²) >= 11 is 5.68. The van der Waals surface area contributed by atoms with Gasteiger partial charge in [0.1, 0.15) is 0 Å². The van der Waals surface area contributed by atoms with Gasteiger partial charge in [-0.1, -0.05) is 23.7 Å². The summed E-state index contributed by atoms with van der Waals surface area (Å²) in [5, 5.41) is 3.16. The molecule has 0 unspecified atom stereocenters. The minimum atomic E-state index is -5.28. The highest BCUT2D eigenvalue weighted by Crippen LogP contribution is 2.46. The van der Waals surface area contributed by atoms with Gasteiger partial charge in [-0.25, -0.2) is 4.79 Å². The number of amides is 2. The average Bonchev–Trinajstić information content (AvgIpc) is 2.92. The van der Waals surface area contributed by atoms with Crippen molar-refractivity contribution in [2.75, 3.05) is 5.32 Å². The first-order valence-electron chi connectivity index (χ1n) is 7.41. The largest absolute Gasteiger partial charge is 0.492 e. The number of benzene rings is 2. The van der Waals surface area contributed by atoms with Gasteiger partial charge in [-0.3, -0.25) is 5.32 Å². The predicted molar refractivity (Wildman–Crippen MR) is 85.1 cm³/mol. The Labute approximate surface area is 158 Å². The Morgan fingerprint density at radius 3 is 2.25 bits per heavy atom. The molecule has 2 amide bonds.